The topological polar surface area (TPSA) is 12.0 Å². The van der Waals surface area contributed by atoms with Gasteiger partial charge < -0.3 is 5.32 Å². The molecule has 3 heteroatoms. The van der Waals surface area contributed by atoms with Gasteiger partial charge in [0.15, 0.2) is 0 Å². The minimum Gasteiger partial charge on any atom is -0.310 e. The summed E-state index contributed by atoms with van der Waals surface area (Å²) in [5, 5.41) is 5.20. The molecule has 0 saturated heterocycles. The molecular weight excluding hydrogens is 277 g/mol. The molecule has 0 spiro atoms. The molecule has 0 amide bonds. The van der Waals surface area contributed by atoms with Gasteiger partial charge in [-0.3, -0.25) is 0 Å². The van der Waals surface area contributed by atoms with Gasteiger partial charge in [0.1, 0.15) is 0 Å². The molecule has 0 aromatic heterocycles. The van der Waals surface area contributed by atoms with Gasteiger partial charge in [-0.2, -0.15) is 0 Å². The minimum absolute atomic E-state index is 0.598. The molecule has 19 heavy (non-hydrogen) atoms. The molecule has 0 aliphatic heterocycles. The van der Waals surface area contributed by atoms with E-state index < -0.39 is 0 Å². The second-order valence-corrected chi connectivity index (χ2v) is 6.69. The SMILES string of the molecule is CC(C)C1CCCCC1NCc1c(Cl)cccc1Cl. The lowest BCUT2D eigenvalue weighted by Gasteiger charge is -2.35. The fourth-order valence-corrected chi connectivity index (χ4v) is 3.68. The predicted molar refractivity (Wildman–Crippen MR) is 83.9 cm³/mol. The van der Waals surface area contributed by atoms with Crippen LogP contribution in [0.3, 0.4) is 0 Å². The smallest absolute Gasteiger partial charge is 0.0465 e. The summed E-state index contributed by atoms with van der Waals surface area (Å²) in [6, 6.07) is 6.31. The molecule has 2 unspecified atom stereocenters. The quantitative estimate of drug-likeness (QED) is 0.796. The van der Waals surface area contributed by atoms with Crippen molar-refractivity contribution in [2.45, 2.75) is 52.1 Å². The van der Waals surface area contributed by atoms with Crippen molar-refractivity contribution >= 4 is 23.2 Å². The van der Waals surface area contributed by atoms with E-state index in [0.717, 1.165) is 34.0 Å². The van der Waals surface area contributed by atoms with Crippen LogP contribution in [0.2, 0.25) is 10.0 Å². The van der Waals surface area contributed by atoms with Gasteiger partial charge in [-0.1, -0.05) is 56.0 Å². The van der Waals surface area contributed by atoms with Gasteiger partial charge in [0, 0.05) is 28.2 Å². The molecule has 0 radical (unpaired) electrons. The third-order valence-corrected chi connectivity index (χ3v) is 4.99. The van der Waals surface area contributed by atoms with Crippen LogP contribution in [0.25, 0.3) is 0 Å². The Kier molecular flexibility index (Phi) is 5.56. The van der Waals surface area contributed by atoms with Crippen LogP contribution in [0.4, 0.5) is 0 Å². The monoisotopic (exact) mass is 299 g/mol. The van der Waals surface area contributed by atoms with Crippen LogP contribution in [-0.2, 0) is 6.54 Å². The van der Waals surface area contributed by atoms with Gasteiger partial charge in [0.25, 0.3) is 0 Å². The molecule has 1 fully saturated rings. The van der Waals surface area contributed by atoms with E-state index >= 15 is 0 Å². The number of nitrogens with one attached hydrogen (secondary N) is 1. The lowest BCUT2D eigenvalue weighted by atomic mass is 9.78. The highest BCUT2D eigenvalue weighted by Crippen LogP contribution is 2.31. The molecule has 2 rings (SSSR count). The third-order valence-electron chi connectivity index (χ3n) is 4.28. The molecular formula is C16H23Cl2N. The first kappa shape index (κ1) is 15.2. The number of hydrogen-bond donors (Lipinski definition) is 1. The molecule has 106 valence electrons. The van der Waals surface area contributed by atoms with Crippen molar-refractivity contribution in [3.8, 4) is 0 Å². The Bertz CT molecular complexity index is 397. The molecule has 1 N–H and O–H groups in total. The van der Waals surface area contributed by atoms with Gasteiger partial charge in [-0.15, -0.1) is 0 Å². The van der Waals surface area contributed by atoms with E-state index in [-0.39, 0.29) is 0 Å². The summed E-state index contributed by atoms with van der Waals surface area (Å²) in [5.74, 6) is 1.51. The van der Waals surface area contributed by atoms with Crippen molar-refractivity contribution in [3.05, 3.63) is 33.8 Å². The second kappa shape index (κ2) is 6.97. The average Bonchev–Trinajstić information content (AvgIpc) is 2.38. The Balaban J connectivity index is 2.00. The Morgan fingerprint density at radius 1 is 1.16 bits per heavy atom. The average molecular weight is 300 g/mol. The van der Waals surface area contributed by atoms with Crippen molar-refractivity contribution < 1.29 is 0 Å². The fourth-order valence-electron chi connectivity index (χ4n) is 3.15. The Morgan fingerprint density at radius 3 is 2.42 bits per heavy atom. The molecule has 2 atom stereocenters. The predicted octanol–water partition coefficient (Wildman–Crippen LogP) is 5.30. The second-order valence-electron chi connectivity index (χ2n) is 5.88. The largest absolute Gasteiger partial charge is 0.310 e. The van der Waals surface area contributed by atoms with Crippen molar-refractivity contribution in [1.82, 2.24) is 5.32 Å². The first-order valence-electron chi connectivity index (χ1n) is 7.26. The van der Waals surface area contributed by atoms with E-state index in [4.69, 9.17) is 23.2 Å². The maximum atomic E-state index is 6.22. The summed E-state index contributed by atoms with van der Waals surface area (Å²) >= 11 is 12.4. The standard InChI is InChI=1S/C16H23Cl2N/c1-11(2)12-6-3-4-9-16(12)19-10-13-14(17)7-5-8-15(13)18/h5,7-8,11-12,16,19H,3-4,6,9-10H2,1-2H3. The zero-order valence-electron chi connectivity index (χ0n) is 11.8. The van der Waals surface area contributed by atoms with E-state index in [2.05, 4.69) is 19.2 Å². The van der Waals surface area contributed by atoms with Gasteiger partial charge >= 0.3 is 0 Å². The van der Waals surface area contributed by atoms with Crippen molar-refractivity contribution in [2.24, 2.45) is 11.8 Å². The summed E-state index contributed by atoms with van der Waals surface area (Å²) in [6.07, 6.45) is 5.31. The highest BCUT2D eigenvalue weighted by atomic mass is 35.5. The normalized spacial score (nSPS) is 23.8. The number of halogens is 2. The van der Waals surface area contributed by atoms with E-state index in [0.29, 0.717) is 6.04 Å². The van der Waals surface area contributed by atoms with Crippen LogP contribution in [-0.4, -0.2) is 6.04 Å². The Hall–Kier alpha value is -0.240. The summed E-state index contributed by atoms with van der Waals surface area (Å²) in [5.41, 5.74) is 1.03. The molecule has 1 aromatic rings. The first-order valence-corrected chi connectivity index (χ1v) is 8.01. The first-order chi connectivity index (χ1) is 9.09. The summed E-state index contributed by atoms with van der Waals surface area (Å²) in [6.45, 7) is 5.42. The lowest BCUT2D eigenvalue weighted by molar-refractivity contribution is 0.204. The third kappa shape index (κ3) is 3.87. The van der Waals surface area contributed by atoms with E-state index in [1.165, 1.54) is 25.7 Å². The van der Waals surface area contributed by atoms with Crippen LogP contribution >= 0.6 is 23.2 Å². The number of rotatable bonds is 4. The highest BCUT2D eigenvalue weighted by Gasteiger charge is 2.27. The molecule has 1 nitrogen and oxygen atoms in total. The maximum Gasteiger partial charge on any atom is 0.0465 e. The van der Waals surface area contributed by atoms with Gasteiger partial charge in [0.05, 0.1) is 0 Å². The highest BCUT2D eigenvalue weighted by molar-refractivity contribution is 6.35. The van der Waals surface area contributed by atoms with Crippen molar-refractivity contribution in [3.63, 3.8) is 0 Å². The zero-order chi connectivity index (χ0) is 13.8. The lowest BCUT2D eigenvalue weighted by Crippen LogP contribution is -2.40. The Labute approximate surface area is 126 Å². The molecule has 1 aromatic carbocycles. The molecule has 1 saturated carbocycles. The zero-order valence-corrected chi connectivity index (χ0v) is 13.3. The molecule has 1 aliphatic rings. The van der Waals surface area contributed by atoms with Crippen molar-refractivity contribution in [1.29, 1.82) is 0 Å². The number of hydrogen-bond acceptors (Lipinski definition) is 1. The maximum absolute atomic E-state index is 6.22. The van der Waals surface area contributed by atoms with Crippen LogP contribution in [0.15, 0.2) is 18.2 Å². The van der Waals surface area contributed by atoms with E-state index in [1.807, 2.05) is 18.2 Å². The minimum atomic E-state index is 0.598. The Morgan fingerprint density at radius 2 is 1.79 bits per heavy atom. The molecule has 0 bridgehead atoms. The van der Waals surface area contributed by atoms with Crippen LogP contribution in [0, 0.1) is 11.8 Å². The van der Waals surface area contributed by atoms with Crippen LogP contribution in [0.5, 0.6) is 0 Å². The van der Waals surface area contributed by atoms with Gasteiger partial charge in [-0.25, -0.2) is 0 Å². The van der Waals surface area contributed by atoms with Gasteiger partial charge in [-0.05, 0) is 36.8 Å². The molecule has 0 heterocycles. The fraction of sp³-hybridized carbons (Fsp3) is 0.625. The van der Waals surface area contributed by atoms with Crippen molar-refractivity contribution in [2.75, 3.05) is 0 Å². The van der Waals surface area contributed by atoms with E-state index in [9.17, 15) is 0 Å². The number of benzene rings is 1. The van der Waals surface area contributed by atoms with Crippen LogP contribution in [0.1, 0.15) is 45.1 Å². The summed E-state index contributed by atoms with van der Waals surface area (Å²) in [4.78, 5) is 0. The van der Waals surface area contributed by atoms with Gasteiger partial charge in [0.2, 0.25) is 0 Å². The van der Waals surface area contributed by atoms with E-state index in [1.54, 1.807) is 0 Å². The summed E-state index contributed by atoms with van der Waals surface area (Å²) < 4.78 is 0. The molecule has 1 aliphatic carbocycles. The van der Waals surface area contributed by atoms with Crippen LogP contribution < -0.4 is 5.32 Å². The summed E-state index contributed by atoms with van der Waals surface area (Å²) in [7, 11) is 0.